The van der Waals surface area contributed by atoms with Crippen molar-refractivity contribution in [3.63, 3.8) is 0 Å². The minimum Gasteiger partial charge on any atom is -0.465 e. The third-order valence-corrected chi connectivity index (χ3v) is 5.45. The van der Waals surface area contributed by atoms with E-state index >= 15 is 0 Å². The molecule has 0 saturated carbocycles. The molecule has 28 heavy (non-hydrogen) atoms. The number of ether oxygens (including phenoxy) is 2. The summed E-state index contributed by atoms with van der Waals surface area (Å²) in [6.07, 6.45) is 16.7. The smallest absolute Gasteiger partial charge is 0.310 e. The van der Waals surface area contributed by atoms with Crippen LogP contribution >= 0.6 is 0 Å². The molecule has 1 rings (SSSR count). The number of unbranched alkanes of at least 4 members (excludes halogenated alkanes) is 7. The number of carbonyl (C=O) groups excluding carboxylic acids is 2. The van der Waals surface area contributed by atoms with Gasteiger partial charge in [-0.15, -0.1) is 0 Å². The van der Waals surface area contributed by atoms with Gasteiger partial charge < -0.3 is 9.47 Å². The Balaban J connectivity index is 2.23. The van der Waals surface area contributed by atoms with Crippen LogP contribution < -0.4 is 0 Å². The minimum absolute atomic E-state index is 0.239. The molecule has 2 unspecified atom stereocenters. The van der Waals surface area contributed by atoms with Gasteiger partial charge in [-0.05, 0) is 38.0 Å². The molecule has 0 spiro atoms. The number of allylic oxidation sites excluding steroid dienone is 2. The third-order valence-electron chi connectivity index (χ3n) is 5.45. The second-order valence-corrected chi connectivity index (χ2v) is 8.50. The Morgan fingerprint density at radius 1 is 0.786 bits per heavy atom. The molecule has 0 bridgehead atoms. The van der Waals surface area contributed by atoms with Crippen molar-refractivity contribution in [3.05, 3.63) is 12.2 Å². The molecule has 1 aliphatic rings. The normalized spacial score (nSPS) is 19.0. The zero-order chi connectivity index (χ0) is 20.6. The maximum atomic E-state index is 12.5. The van der Waals surface area contributed by atoms with E-state index in [1.54, 1.807) is 0 Å². The molecule has 0 N–H and O–H groups in total. The fraction of sp³-hybridized carbons (Fsp3) is 0.833. The SMILES string of the molecule is CCCCCCCCCCOC(=O)C1CC=CCC1C(=O)OCCCC(C)C. The van der Waals surface area contributed by atoms with E-state index in [0.29, 0.717) is 32.0 Å². The third kappa shape index (κ3) is 10.9. The molecular formula is C24H42O4. The summed E-state index contributed by atoms with van der Waals surface area (Å²) in [5, 5.41) is 0. The molecule has 4 heteroatoms. The highest BCUT2D eigenvalue weighted by molar-refractivity contribution is 5.82. The molecule has 0 aliphatic heterocycles. The van der Waals surface area contributed by atoms with Gasteiger partial charge in [0.15, 0.2) is 0 Å². The molecule has 0 fully saturated rings. The molecule has 2 atom stereocenters. The van der Waals surface area contributed by atoms with E-state index in [9.17, 15) is 9.59 Å². The molecule has 0 heterocycles. The summed E-state index contributed by atoms with van der Waals surface area (Å²) in [6.45, 7) is 7.45. The molecule has 4 nitrogen and oxygen atoms in total. The summed E-state index contributed by atoms with van der Waals surface area (Å²) < 4.78 is 10.9. The van der Waals surface area contributed by atoms with Crippen molar-refractivity contribution >= 4 is 11.9 Å². The Morgan fingerprint density at radius 2 is 1.25 bits per heavy atom. The maximum absolute atomic E-state index is 12.5. The lowest BCUT2D eigenvalue weighted by molar-refractivity contribution is -0.161. The Bertz CT molecular complexity index is 456. The second kappa shape index (κ2) is 15.6. The molecular weight excluding hydrogens is 352 g/mol. The van der Waals surface area contributed by atoms with Crippen LogP contribution in [0.3, 0.4) is 0 Å². The predicted octanol–water partition coefficient (Wildman–Crippen LogP) is 6.23. The lowest BCUT2D eigenvalue weighted by Gasteiger charge is -2.25. The lowest BCUT2D eigenvalue weighted by atomic mass is 9.83. The standard InChI is InChI=1S/C24H42O4/c1-4-5-6-7-8-9-10-13-18-27-23(25)21-16-11-12-17-22(21)24(26)28-19-14-15-20(2)3/h11-12,20-22H,4-10,13-19H2,1-3H3. The first-order chi connectivity index (χ1) is 13.6. The van der Waals surface area contributed by atoms with Crippen LogP contribution in [0.2, 0.25) is 0 Å². The average molecular weight is 395 g/mol. The van der Waals surface area contributed by atoms with Crippen molar-refractivity contribution in [2.75, 3.05) is 13.2 Å². The van der Waals surface area contributed by atoms with Crippen molar-refractivity contribution in [1.82, 2.24) is 0 Å². The largest absolute Gasteiger partial charge is 0.465 e. The number of carbonyl (C=O) groups is 2. The van der Waals surface area contributed by atoms with E-state index in [2.05, 4.69) is 20.8 Å². The van der Waals surface area contributed by atoms with Crippen LogP contribution in [0.5, 0.6) is 0 Å². The van der Waals surface area contributed by atoms with Gasteiger partial charge in [0.25, 0.3) is 0 Å². The van der Waals surface area contributed by atoms with Gasteiger partial charge in [0, 0.05) is 0 Å². The topological polar surface area (TPSA) is 52.6 Å². The molecule has 0 amide bonds. The molecule has 0 aromatic rings. The van der Waals surface area contributed by atoms with E-state index in [-0.39, 0.29) is 11.9 Å². The van der Waals surface area contributed by atoms with E-state index in [1.807, 2.05) is 12.2 Å². The summed E-state index contributed by atoms with van der Waals surface area (Å²) in [5.74, 6) is -0.666. The highest BCUT2D eigenvalue weighted by Crippen LogP contribution is 2.28. The van der Waals surface area contributed by atoms with E-state index in [0.717, 1.165) is 25.7 Å². The van der Waals surface area contributed by atoms with Crippen LogP contribution in [0.25, 0.3) is 0 Å². The molecule has 0 aromatic heterocycles. The van der Waals surface area contributed by atoms with E-state index in [4.69, 9.17) is 9.47 Å². The van der Waals surface area contributed by atoms with Crippen LogP contribution in [0.1, 0.15) is 97.8 Å². The van der Waals surface area contributed by atoms with Gasteiger partial charge in [-0.3, -0.25) is 9.59 Å². The molecule has 0 radical (unpaired) electrons. The minimum atomic E-state index is -0.393. The van der Waals surface area contributed by atoms with E-state index < -0.39 is 11.8 Å². The second-order valence-electron chi connectivity index (χ2n) is 8.50. The molecule has 162 valence electrons. The van der Waals surface area contributed by atoms with Crippen molar-refractivity contribution in [3.8, 4) is 0 Å². The van der Waals surface area contributed by atoms with Crippen molar-refractivity contribution in [2.24, 2.45) is 17.8 Å². The van der Waals surface area contributed by atoms with Crippen LogP contribution in [-0.4, -0.2) is 25.2 Å². The first kappa shape index (κ1) is 24.7. The highest BCUT2D eigenvalue weighted by atomic mass is 16.5. The Hall–Kier alpha value is -1.32. The molecule has 0 saturated heterocycles. The molecule has 0 aromatic carbocycles. The Labute approximate surface area is 172 Å². The summed E-state index contributed by atoms with van der Waals surface area (Å²) in [7, 11) is 0. The maximum Gasteiger partial charge on any atom is 0.310 e. The monoisotopic (exact) mass is 394 g/mol. The Kier molecular flexibility index (Phi) is 13.8. The highest BCUT2D eigenvalue weighted by Gasteiger charge is 2.36. The van der Waals surface area contributed by atoms with Gasteiger partial charge in [-0.25, -0.2) is 0 Å². The van der Waals surface area contributed by atoms with Crippen LogP contribution in [0, 0.1) is 17.8 Å². The van der Waals surface area contributed by atoms with Crippen LogP contribution in [0.4, 0.5) is 0 Å². The molecule has 1 aliphatic carbocycles. The van der Waals surface area contributed by atoms with Crippen LogP contribution in [-0.2, 0) is 19.1 Å². The first-order valence-electron chi connectivity index (χ1n) is 11.5. The van der Waals surface area contributed by atoms with Gasteiger partial charge in [0.05, 0.1) is 25.0 Å². The average Bonchev–Trinajstić information content (AvgIpc) is 2.69. The number of hydrogen-bond acceptors (Lipinski definition) is 4. The number of hydrogen-bond donors (Lipinski definition) is 0. The lowest BCUT2D eigenvalue weighted by Crippen LogP contribution is -2.34. The van der Waals surface area contributed by atoms with Gasteiger partial charge >= 0.3 is 11.9 Å². The quantitative estimate of drug-likeness (QED) is 0.188. The Morgan fingerprint density at radius 3 is 1.75 bits per heavy atom. The zero-order valence-electron chi connectivity index (χ0n) is 18.4. The van der Waals surface area contributed by atoms with Crippen molar-refractivity contribution in [2.45, 2.75) is 97.8 Å². The summed E-state index contributed by atoms with van der Waals surface area (Å²) in [5.41, 5.74) is 0. The summed E-state index contributed by atoms with van der Waals surface area (Å²) in [4.78, 5) is 24.9. The fourth-order valence-electron chi connectivity index (χ4n) is 3.62. The summed E-state index contributed by atoms with van der Waals surface area (Å²) in [6, 6.07) is 0. The number of esters is 2. The first-order valence-corrected chi connectivity index (χ1v) is 11.5. The zero-order valence-corrected chi connectivity index (χ0v) is 18.4. The van der Waals surface area contributed by atoms with Crippen molar-refractivity contribution < 1.29 is 19.1 Å². The van der Waals surface area contributed by atoms with Gasteiger partial charge in [-0.2, -0.15) is 0 Å². The summed E-state index contributed by atoms with van der Waals surface area (Å²) >= 11 is 0. The van der Waals surface area contributed by atoms with Gasteiger partial charge in [-0.1, -0.05) is 77.9 Å². The predicted molar refractivity (Wildman–Crippen MR) is 114 cm³/mol. The van der Waals surface area contributed by atoms with Gasteiger partial charge in [0.2, 0.25) is 0 Å². The van der Waals surface area contributed by atoms with Crippen molar-refractivity contribution in [1.29, 1.82) is 0 Å². The van der Waals surface area contributed by atoms with Gasteiger partial charge in [0.1, 0.15) is 0 Å². The fourth-order valence-corrected chi connectivity index (χ4v) is 3.62. The number of rotatable bonds is 15. The van der Waals surface area contributed by atoms with Crippen LogP contribution in [0.15, 0.2) is 12.2 Å². The van der Waals surface area contributed by atoms with E-state index in [1.165, 1.54) is 38.5 Å².